The van der Waals surface area contributed by atoms with Crippen molar-refractivity contribution in [1.29, 1.82) is 0 Å². The lowest BCUT2D eigenvalue weighted by atomic mass is 9.70. The molecule has 2 unspecified atom stereocenters. The van der Waals surface area contributed by atoms with E-state index in [-0.39, 0.29) is 5.92 Å². The molecule has 0 spiro atoms. The molecule has 2 aromatic carbocycles. The van der Waals surface area contributed by atoms with Crippen LogP contribution < -0.4 is 5.73 Å². The number of pyridine rings is 1. The number of aromatic nitrogens is 4. The number of nitrogen functional groups attached to an aromatic ring is 1. The summed E-state index contributed by atoms with van der Waals surface area (Å²) in [6, 6.07) is 20.4. The van der Waals surface area contributed by atoms with Gasteiger partial charge in [0.05, 0.1) is 16.8 Å². The van der Waals surface area contributed by atoms with Crippen LogP contribution in [0.15, 0.2) is 73.1 Å². The van der Waals surface area contributed by atoms with E-state index in [1.165, 1.54) is 0 Å². The Labute approximate surface area is 185 Å². The maximum Gasteiger partial charge on any atom is 0.150 e. The van der Waals surface area contributed by atoms with Crippen molar-refractivity contribution in [1.82, 2.24) is 19.4 Å². The van der Waals surface area contributed by atoms with Gasteiger partial charge in [0.25, 0.3) is 0 Å². The van der Waals surface area contributed by atoms with E-state index in [4.69, 9.17) is 15.7 Å². The summed E-state index contributed by atoms with van der Waals surface area (Å²) < 4.78 is 1.98. The van der Waals surface area contributed by atoms with Crippen LogP contribution in [0.25, 0.3) is 38.9 Å². The van der Waals surface area contributed by atoms with Crippen molar-refractivity contribution in [3.63, 3.8) is 0 Å². The molecule has 6 nitrogen and oxygen atoms in total. The third-order valence-electron chi connectivity index (χ3n) is 6.65. The quantitative estimate of drug-likeness (QED) is 0.436. The van der Waals surface area contributed by atoms with E-state index in [9.17, 15) is 5.11 Å². The Morgan fingerprint density at radius 1 is 1.03 bits per heavy atom. The first-order chi connectivity index (χ1) is 15.5. The van der Waals surface area contributed by atoms with Crippen LogP contribution in [-0.2, 0) is 0 Å². The van der Waals surface area contributed by atoms with E-state index in [0.29, 0.717) is 5.82 Å². The molecule has 1 saturated carbocycles. The largest absolute Gasteiger partial charge is 0.389 e. The summed E-state index contributed by atoms with van der Waals surface area (Å²) in [7, 11) is 0. The fourth-order valence-electron chi connectivity index (χ4n) is 4.68. The van der Waals surface area contributed by atoms with Crippen LogP contribution in [0, 0.1) is 0 Å². The Kier molecular flexibility index (Phi) is 4.07. The van der Waals surface area contributed by atoms with Crippen LogP contribution in [0.4, 0.5) is 5.82 Å². The fraction of sp³-hybridized carbons (Fsp3) is 0.192. The fourth-order valence-corrected chi connectivity index (χ4v) is 4.68. The predicted octanol–water partition coefficient (Wildman–Crippen LogP) is 4.82. The average Bonchev–Trinajstić information content (AvgIpc) is 3.18. The minimum absolute atomic E-state index is 0.0335. The monoisotopic (exact) mass is 421 g/mol. The predicted molar refractivity (Wildman–Crippen MR) is 126 cm³/mol. The van der Waals surface area contributed by atoms with E-state index in [2.05, 4.69) is 35.3 Å². The number of nitrogens with zero attached hydrogens (tertiary/aromatic N) is 4. The number of benzene rings is 2. The van der Waals surface area contributed by atoms with Gasteiger partial charge < -0.3 is 10.8 Å². The third kappa shape index (κ3) is 2.87. The second-order valence-corrected chi connectivity index (χ2v) is 8.77. The van der Waals surface area contributed by atoms with Gasteiger partial charge in [0.15, 0.2) is 0 Å². The first kappa shape index (κ1) is 19.0. The first-order valence-electron chi connectivity index (χ1n) is 10.8. The van der Waals surface area contributed by atoms with E-state index < -0.39 is 5.60 Å². The lowest BCUT2D eigenvalue weighted by Crippen LogP contribution is -2.43. The highest BCUT2D eigenvalue weighted by Crippen LogP contribution is 2.46. The molecule has 32 heavy (non-hydrogen) atoms. The zero-order valence-corrected chi connectivity index (χ0v) is 17.7. The second kappa shape index (κ2) is 6.87. The number of fused-ring (bicyclic) bond motifs is 2. The number of imidazole rings is 1. The molecule has 1 aliphatic rings. The SMILES string of the molecule is CC1(O)CCC1c1nc(-c2ccc3ccc(-c4ccccc4)nc3c2)c2c(N)nccn12. The van der Waals surface area contributed by atoms with Crippen LogP contribution in [0.3, 0.4) is 0 Å². The van der Waals surface area contributed by atoms with Crippen LogP contribution in [0.1, 0.15) is 31.5 Å². The molecular formula is C26H23N5O. The number of anilines is 1. The van der Waals surface area contributed by atoms with Crippen LogP contribution in [0.5, 0.6) is 0 Å². The molecule has 3 N–H and O–H groups in total. The number of aliphatic hydroxyl groups is 1. The van der Waals surface area contributed by atoms with Crippen molar-refractivity contribution in [3.8, 4) is 22.5 Å². The van der Waals surface area contributed by atoms with Crippen molar-refractivity contribution in [2.24, 2.45) is 0 Å². The van der Waals surface area contributed by atoms with Gasteiger partial charge in [-0.15, -0.1) is 0 Å². The average molecular weight is 422 g/mol. The molecule has 3 heterocycles. The van der Waals surface area contributed by atoms with E-state index >= 15 is 0 Å². The maximum absolute atomic E-state index is 10.7. The minimum Gasteiger partial charge on any atom is -0.389 e. The number of rotatable bonds is 3. The molecule has 0 bridgehead atoms. The maximum atomic E-state index is 10.7. The molecule has 0 aliphatic heterocycles. The van der Waals surface area contributed by atoms with Gasteiger partial charge in [0, 0.05) is 34.8 Å². The molecule has 0 saturated heterocycles. The highest BCUT2D eigenvalue weighted by atomic mass is 16.3. The van der Waals surface area contributed by atoms with Crippen molar-refractivity contribution < 1.29 is 5.11 Å². The first-order valence-corrected chi connectivity index (χ1v) is 10.8. The zero-order chi connectivity index (χ0) is 21.9. The third-order valence-corrected chi connectivity index (χ3v) is 6.65. The molecule has 3 aromatic heterocycles. The summed E-state index contributed by atoms with van der Waals surface area (Å²) in [5, 5.41) is 11.8. The Hall–Kier alpha value is -3.77. The minimum atomic E-state index is -0.758. The van der Waals surface area contributed by atoms with E-state index in [1.54, 1.807) is 6.20 Å². The summed E-state index contributed by atoms with van der Waals surface area (Å²) in [5.74, 6) is 1.21. The molecule has 6 rings (SSSR count). The highest BCUT2D eigenvalue weighted by molar-refractivity contribution is 5.91. The molecule has 6 heteroatoms. The van der Waals surface area contributed by atoms with Gasteiger partial charge in [0.2, 0.25) is 0 Å². The zero-order valence-electron chi connectivity index (χ0n) is 17.7. The molecule has 158 valence electrons. The van der Waals surface area contributed by atoms with Gasteiger partial charge in [-0.3, -0.25) is 4.40 Å². The summed E-state index contributed by atoms with van der Waals surface area (Å²) in [4.78, 5) is 14.2. The molecule has 0 amide bonds. The Morgan fingerprint density at radius 3 is 2.59 bits per heavy atom. The Balaban J connectivity index is 1.53. The molecule has 1 fully saturated rings. The highest BCUT2D eigenvalue weighted by Gasteiger charge is 2.44. The summed E-state index contributed by atoms with van der Waals surface area (Å²) in [5.41, 5.74) is 10.9. The second-order valence-electron chi connectivity index (χ2n) is 8.77. The van der Waals surface area contributed by atoms with E-state index in [0.717, 1.165) is 57.6 Å². The summed E-state index contributed by atoms with van der Waals surface area (Å²) in [6.07, 6.45) is 5.22. The number of nitrogens with two attached hydrogens (primary N) is 1. The molecule has 1 aliphatic carbocycles. The van der Waals surface area contributed by atoms with Gasteiger partial charge in [-0.25, -0.2) is 15.0 Å². The van der Waals surface area contributed by atoms with Crippen molar-refractivity contribution >= 4 is 22.2 Å². The van der Waals surface area contributed by atoms with Crippen molar-refractivity contribution in [2.45, 2.75) is 31.3 Å². The van der Waals surface area contributed by atoms with Crippen LogP contribution in [0.2, 0.25) is 0 Å². The smallest absolute Gasteiger partial charge is 0.150 e. The summed E-state index contributed by atoms with van der Waals surface area (Å²) >= 11 is 0. The van der Waals surface area contributed by atoms with E-state index in [1.807, 2.05) is 47.9 Å². The van der Waals surface area contributed by atoms with Gasteiger partial charge >= 0.3 is 0 Å². The Bertz CT molecular complexity index is 1470. The van der Waals surface area contributed by atoms with Crippen molar-refractivity contribution in [3.05, 3.63) is 78.9 Å². The lowest BCUT2D eigenvalue weighted by molar-refractivity contribution is -0.0438. The summed E-state index contributed by atoms with van der Waals surface area (Å²) in [6.45, 7) is 1.87. The number of hydrogen-bond donors (Lipinski definition) is 2. The van der Waals surface area contributed by atoms with Crippen LogP contribution in [-0.4, -0.2) is 30.1 Å². The number of hydrogen-bond acceptors (Lipinski definition) is 5. The molecule has 2 atom stereocenters. The topological polar surface area (TPSA) is 89.3 Å². The van der Waals surface area contributed by atoms with Gasteiger partial charge in [0.1, 0.15) is 22.9 Å². The lowest BCUT2D eigenvalue weighted by Gasteiger charge is -2.41. The molecular weight excluding hydrogens is 398 g/mol. The molecule has 5 aromatic rings. The molecule has 0 radical (unpaired) electrons. The van der Waals surface area contributed by atoms with Gasteiger partial charge in [-0.05, 0) is 31.9 Å². The van der Waals surface area contributed by atoms with Gasteiger partial charge in [-0.1, -0.05) is 48.5 Å². The van der Waals surface area contributed by atoms with Crippen molar-refractivity contribution in [2.75, 3.05) is 5.73 Å². The Morgan fingerprint density at radius 2 is 1.84 bits per heavy atom. The van der Waals surface area contributed by atoms with Crippen LogP contribution >= 0.6 is 0 Å². The normalized spacial score (nSPS) is 20.5. The standard InChI is InChI=1S/C26H23N5O/c1-26(32)12-11-19(26)25-30-22(23-24(27)28-13-14-31(23)25)18-8-7-17-9-10-20(29-21(17)15-18)16-5-3-2-4-6-16/h2-10,13-15,19,32H,11-12H2,1H3,(H2,27,28). The van der Waals surface area contributed by atoms with Gasteiger partial charge in [-0.2, -0.15) is 0 Å².